The van der Waals surface area contributed by atoms with Crippen LogP contribution in [0.5, 0.6) is 0 Å². The minimum atomic E-state index is -1.21. The zero-order valence-electron chi connectivity index (χ0n) is 10.8. The molecule has 0 bridgehead atoms. The number of aromatic nitrogens is 1. The van der Waals surface area contributed by atoms with Crippen molar-refractivity contribution in [3.05, 3.63) is 28.2 Å². The van der Waals surface area contributed by atoms with Crippen molar-refractivity contribution in [3.63, 3.8) is 0 Å². The standard InChI is InChI=1S/C13H18N2O4/c1-19-9-4-2-8(3-5-9)15-10-6-7-14-12(16)11(10)13(17)18/h6-9H,2-5H2,1H3,(H,17,18)(H2,14,15,16). The molecule has 0 aromatic carbocycles. The summed E-state index contributed by atoms with van der Waals surface area (Å²) in [6.07, 6.45) is 5.45. The van der Waals surface area contributed by atoms with Gasteiger partial charge in [0.1, 0.15) is 5.56 Å². The van der Waals surface area contributed by atoms with Crippen molar-refractivity contribution in [3.8, 4) is 0 Å². The maximum Gasteiger partial charge on any atom is 0.343 e. The third-order valence-electron chi connectivity index (χ3n) is 3.54. The summed E-state index contributed by atoms with van der Waals surface area (Å²) in [5, 5.41) is 12.2. The first-order valence-electron chi connectivity index (χ1n) is 6.36. The van der Waals surface area contributed by atoms with Crippen LogP contribution in [0.2, 0.25) is 0 Å². The third-order valence-corrected chi connectivity index (χ3v) is 3.54. The fraction of sp³-hybridized carbons (Fsp3) is 0.538. The Balaban J connectivity index is 2.10. The number of carboxylic acids is 1. The number of hydrogen-bond acceptors (Lipinski definition) is 4. The van der Waals surface area contributed by atoms with E-state index in [0.717, 1.165) is 25.7 Å². The van der Waals surface area contributed by atoms with Gasteiger partial charge in [0.2, 0.25) is 0 Å². The normalized spacial score (nSPS) is 23.0. The molecule has 19 heavy (non-hydrogen) atoms. The van der Waals surface area contributed by atoms with Gasteiger partial charge in [0.25, 0.3) is 5.56 Å². The van der Waals surface area contributed by atoms with Gasteiger partial charge in [-0.2, -0.15) is 0 Å². The lowest BCUT2D eigenvalue weighted by molar-refractivity contribution is 0.0676. The molecule has 6 heteroatoms. The molecule has 104 valence electrons. The molecule has 3 N–H and O–H groups in total. The maximum atomic E-state index is 11.5. The molecule has 6 nitrogen and oxygen atoms in total. The van der Waals surface area contributed by atoms with Crippen LogP contribution in [-0.2, 0) is 4.74 Å². The van der Waals surface area contributed by atoms with Gasteiger partial charge in [-0.05, 0) is 31.7 Å². The molecule has 2 rings (SSSR count). The van der Waals surface area contributed by atoms with Crippen LogP contribution in [0.25, 0.3) is 0 Å². The number of pyridine rings is 1. The van der Waals surface area contributed by atoms with Gasteiger partial charge in [0, 0.05) is 19.3 Å². The maximum absolute atomic E-state index is 11.5. The fourth-order valence-electron chi connectivity index (χ4n) is 2.47. The van der Waals surface area contributed by atoms with Crippen LogP contribution < -0.4 is 10.9 Å². The van der Waals surface area contributed by atoms with E-state index >= 15 is 0 Å². The second kappa shape index (κ2) is 5.88. The van der Waals surface area contributed by atoms with E-state index in [-0.39, 0.29) is 17.7 Å². The van der Waals surface area contributed by atoms with Crippen LogP contribution in [0.4, 0.5) is 5.69 Å². The molecule has 0 aliphatic heterocycles. The Bertz CT molecular complexity index is 504. The van der Waals surface area contributed by atoms with Gasteiger partial charge in [0.15, 0.2) is 0 Å². The smallest absolute Gasteiger partial charge is 0.343 e. The molecular formula is C13H18N2O4. The van der Waals surface area contributed by atoms with E-state index in [0.29, 0.717) is 5.69 Å². The topological polar surface area (TPSA) is 91.4 Å². The Labute approximate surface area is 110 Å². The van der Waals surface area contributed by atoms with Crippen molar-refractivity contribution >= 4 is 11.7 Å². The van der Waals surface area contributed by atoms with Crippen LogP contribution in [-0.4, -0.2) is 35.3 Å². The number of aromatic amines is 1. The average Bonchev–Trinajstić information content (AvgIpc) is 2.39. The van der Waals surface area contributed by atoms with Gasteiger partial charge < -0.3 is 20.1 Å². The lowest BCUT2D eigenvalue weighted by Gasteiger charge is -2.29. The van der Waals surface area contributed by atoms with E-state index < -0.39 is 11.5 Å². The predicted octanol–water partition coefficient (Wildman–Crippen LogP) is 1.44. The van der Waals surface area contributed by atoms with Gasteiger partial charge in [-0.1, -0.05) is 0 Å². The summed E-state index contributed by atoms with van der Waals surface area (Å²) in [5.41, 5.74) is -0.420. The summed E-state index contributed by atoms with van der Waals surface area (Å²) >= 11 is 0. The average molecular weight is 266 g/mol. The Morgan fingerprint density at radius 3 is 2.68 bits per heavy atom. The third kappa shape index (κ3) is 3.14. The van der Waals surface area contributed by atoms with E-state index in [1.54, 1.807) is 13.2 Å². The number of nitrogens with one attached hydrogen (secondary N) is 2. The number of methoxy groups -OCH3 is 1. The Kier molecular flexibility index (Phi) is 4.21. The Morgan fingerprint density at radius 2 is 2.11 bits per heavy atom. The largest absolute Gasteiger partial charge is 0.477 e. The minimum absolute atomic E-state index is 0.186. The summed E-state index contributed by atoms with van der Waals surface area (Å²) in [4.78, 5) is 25.0. The lowest BCUT2D eigenvalue weighted by Crippen LogP contribution is -2.31. The zero-order valence-corrected chi connectivity index (χ0v) is 10.8. The molecule has 1 heterocycles. The highest BCUT2D eigenvalue weighted by molar-refractivity contribution is 5.93. The van der Waals surface area contributed by atoms with E-state index in [4.69, 9.17) is 9.84 Å². The summed E-state index contributed by atoms with van der Waals surface area (Å²) in [5.74, 6) is -1.21. The summed E-state index contributed by atoms with van der Waals surface area (Å²) in [6.45, 7) is 0. The molecule has 1 aromatic rings. The molecule has 1 saturated carbocycles. The number of carboxylic acid groups (broad SMARTS) is 1. The molecule has 0 atom stereocenters. The molecule has 1 aliphatic rings. The van der Waals surface area contributed by atoms with Crippen molar-refractivity contribution in [1.82, 2.24) is 4.98 Å². The quantitative estimate of drug-likeness (QED) is 0.767. The summed E-state index contributed by atoms with van der Waals surface area (Å²) in [6, 6.07) is 1.78. The molecule has 0 amide bonds. The van der Waals surface area contributed by atoms with Crippen LogP contribution in [0, 0.1) is 0 Å². The molecular weight excluding hydrogens is 248 g/mol. The van der Waals surface area contributed by atoms with E-state index in [9.17, 15) is 9.59 Å². The van der Waals surface area contributed by atoms with Gasteiger partial charge in [0.05, 0.1) is 11.8 Å². The van der Waals surface area contributed by atoms with Crippen molar-refractivity contribution in [1.29, 1.82) is 0 Å². The SMILES string of the molecule is COC1CCC(Nc2cc[nH]c(=O)c2C(=O)O)CC1. The highest BCUT2D eigenvalue weighted by Crippen LogP contribution is 2.24. The van der Waals surface area contributed by atoms with Crippen LogP contribution >= 0.6 is 0 Å². The second-order valence-corrected chi connectivity index (χ2v) is 4.75. The Morgan fingerprint density at radius 1 is 1.42 bits per heavy atom. The fourth-order valence-corrected chi connectivity index (χ4v) is 2.47. The van der Waals surface area contributed by atoms with Crippen LogP contribution in [0.3, 0.4) is 0 Å². The Hall–Kier alpha value is -1.82. The first kappa shape index (κ1) is 13.6. The van der Waals surface area contributed by atoms with Crippen molar-refractivity contribution in [2.45, 2.75) is 37.8 Å². The van der Waals surface area contributed by atoms with Gasteiger partial charge in [-0.15, -0.1) is 0 Å². The summed E-state index contributed by atoms with van der Waals surface area (Å²) in [7, 11) is 1.71. The number of rotatable bonds is 4. The monoisotopic (exact) mass is 266 g/mol. The van der Waals surface area contributed by atoms with E-state index in [1.807, 2.05) is 0 Å². The minimum Gasteiger partial charge on any atom is -0.477 e. The first-order chi connectivity index (χ1) is 9.11. The number of ether oxygens (including phenoxy) is 1. The van der Waals surface area contributed by atoms with Gasteiger partial charge in [-0.25, -0.2) is 4.79 Å². The summed E-state index contributed by atoms with van der Waals surface area (Å²) < 4.78 is 5.29. The molecule has 1 aliphatic carbocycles. The van der Waals surface area contributed by atoms with Gasteiger partial charge >= 0.3 is 5.97 Å². The first-order valence-corrected chi connectivity index (χ1v) is 6.36. The second-order valence-electron chi connectivity index (χ2n) is 4.75. The predicted molar refractivity (Wildman–Crippen MR) is 70.7 cm³/mol. The van der Waals surface area contributed by atoms with Crippen molar-refractivity contribution in [2.24, 2.45) is 0 Å². The van der Waals surface area contributed by atoms with Gasteiger partial charge in [-0.3, -0.25) is 4.79 Å². The number of aromatic carboxylic acids is 1. The van der Waals surface area contributed by atoms with Crippen LogP contribution in [0.1, 0.15) is 36.0 Å². The highest BCUT2D eigenvalue weighted by Gasteiger charge is 2.23. The number of anilines is 1. The van der Waals surface area contributed by atoms with Crippen molar-refractivity contribution in [2.75, 3.05) is 12.4 Å². The van der Waals surface area contributed by atoms with E-state index in [1.165, 1.54) is 6.20 Å². The number of H-pyrrole nitrogens is 1. The van der Waals surface area contributed by atoms with E-state index in [2.05, 4.69) is 10.3 Å². The van der Waals surface area contributed by atoms with Crippen LogP contribution in [0.15, 0.2) is 17.1 Å². The van der Waals surface area contributed by atoms with Crippen molar-refractivity contribution < 1.29 is 14.6 Å². The molecule has 0 radical (unpaired) electrons. The molecule has 1 fully saturated rings. The number of carbonyl (C=O) groups is 1. The molecule has 0 unspecified atom stereocenters. The molecule has 0 spiro atoms. The highest BCUT2D eigenvalue weighted by atomic mass is 16.5. The molecule has 1 aromatic heterocycles. The lowest BCUT2D eigenvalue weighted by atomic mass is 9.92. The zero-order chi connectivity index (χ0) is 13.8. The number of hydrogen-bond donors (Lipinski definition) is 3. The molecule has 0 saturated heterocycles.